The number of rotatable bonds is 4. The zero-order chi connectivity index (χ0) is 15.6. The van der Waals surface area contributed by atoms with Crippen molar-refractivity contribution in [1.29, 1.82) is 0 Å². The second-order valence-electron chi connectivity index (χ2n) is 6.90. The third-order valence-corrected chi connectivity index (χ3v) is 4.58. The van der Waals surface area contributed by atoms with Crippen LogP contribution in [0.25, 0.3) is 0 Å². The minimum atomic E-state index is 0.0126. The molecule has 1 aliphatic rings. The molecule has 4 heteroatoms. The van der Waals surface area contributed by atoms with E-state index in [-0.39, 0.29) is 5.91 Å². The first-order chi connectivity index (χ1) is 9.80. The minimum Gasteiger partial charge on any atom is -0.381 e. The summed E-state index contributed by atoms with van der Waals surface area (Å²) < 4.78 is 0. The Morgan fingerprint density at radius 1 is 1.38 bits per heavy atom. The maximum atomic E-state index is 11.5. The predicted molar refractivity (Wildman–Crippen MR) is 90.0 cm³/mol. The topological polar surface area (TPSA) is 41.1 Å². The monoisotopic (exact) mass is 308 g/mol. The van der Waals surface area contributed by atoms with E-state index in [0.717, 1.165) is 17.8 Å². The SMILES string of the molecule is CCC(=O)Nc1ccc(Cl)c(NC2CC(C)(C)CC2C)c1. The van der Waals surface area contributed by atoms with Gasteiger partial charge in [-0.1, -0.05) is 39.3 Å². The fourth-order valence-electron chi connectivity index (χ4n) is 3.25. The normalized spacial score (nSPS) is 23.9. The van der Waals surface area contributed by atoms with E-state index < -0.39 is 0 Å². The number of nitrogens with one attached hydrogen (secondary N) is 2. The number of halogens is 1. The summed E-state index contributed by atoms with van der Waals surface area (Å²) in [4.78, 5) is 11.5. The Bertz CT molecular complexity index is 528. The Morgan fingerprint density at radius 2 is 2.10 bits per heavy atom. The first kappa shape index (κ1) is 16.2. The lowest BCUT2D eigenvalue weighted by atomic mass is 9.91. The smallest absolute Gasteiger partial charge is 0.224 e. The van der Waals surface area contributed by atoms with Crippen molar-refractivity contribution in [2.75, 3.05) is 10.6 Å². The van der Waals surface area contributed by atoms with Gasteiger partial charge in [0.1, 0.15) is 0 Å². The molecule has 1 fully saturated rings. The van der Waals surface area contributed by atoms with E-state index in [4.69, 9.17) is 11.6 Å². The lowest BCUT2D eigenvalue weighted by Crippen LogP contribution is -2.22. The Kier molecular flexibility index (Phi) is 4.82. The van der Waals surface area contributed by atoms with Gasteiger partial charge in [-0.25, -0.2) is 0 Å². The highest BCUT2D eigenvalue weighted by molar-refractivity contribution is 6.33. The maximum absolute atomic E-state index is 11.5. The van der Waals surface area contributed by atoms with Gasteiger partial charge in [0, 0.05) is 18.2 Å². The van der Waals surface area contributed by atoms with Crippen molar-refractivity contribution < 1.29 is 4.79 Å². The number of carbonyl (C=O) groups is 1. The van der Waals surface area contributed by atoms with Crippen molar-refractivity contribution in [1.82, 2.24) is 0 Å². The largest absolute Gasteiger partial charge is 0.381 e. The molecule has 1 aliphatic carbocycles. The van der Waals surface area contributed by atoms with Gasteiger partial charge in [0.2, 0.25) is 5.91 Å². The lowest BCUT2D eigenvalue weighted by Gasteiger charge is -2.21. The number of benzene rings is 1. The van der Waals surface area contributed by atoms with Gasteiger partial charge < -0.3 is 10.6 Å². The Balaban J connectivity index is 2.12. The van der Waals surface area contributed by atoms with E-state index in [0.29, 0.717) is 28.8 Å². The molecule has 1 saturated carbocycles. The molecule has 1 aromatic carbocycles. The number of hydrogen-bond acceptors (Lipinski definition) is 2. The summed E-state index contributed by atoms with van der Waals surface area (Å²) >= 11 is 6.29. The number of amides is 1. The molecule has 0 bridgehead atoms. The van der Waals surface area contributed by atoms with E-state index in [9.17, 15) is 4.79 Å². The molecule has 1 amide bonds. The molecule has 2 atom stereocenters. The number of hydrogen-bond donors (Lipinski definition) is 2. The van der Waals surface area contributed by atoms with E-state index in [1.807, 2.05) is 25.1 Å². The van der Waals surface area contributed by atoms with Crippen LogP contribution < -0.4 is 10.6 Å². The predicted octanol–water partition coefficient (Wildman–Crippen LogP) is 4.93. The van der Waals surface area contributed by atoms with Crippen molar-refractivity contribution >= 4 is 28.9 Å². The summed E-state index contributed by atoms with van der Waals surface area (Å²) in [7, 11) is 0. The standard InChI is InChI=1S/C17H25ClN2O/c1-5-16(21)19-12-6-7-13(18)14(8-12)20-15-10-17(3,4)9-11(15)2/h6-8,11,15,20H,5,9-10H2,1-4H3,(H,19,21). The summed E-state index contributed by atoms with van der Waals surface area (Å²) in [6, 6.07) is 6.02. The molecule has 0 aliphatic heterocycles. The molecule has 2 rings (SSSR count). The van der Waals surface area contributed by atoms with Crippen LogP contribution in [0.1, 0.15) is 47.0 Å². The molecule has 0 spiro atoms. The van der Waals surface area contributed by atoms with E-state index in [1.54, 1.807) is 0 Å². The average Bonchev–Trinajstić information content (AvgIpc) is 2.66. The van der Waals surface area contributed by atoms with Gasteiger partial charge in [-0.05, 0) is 42.4 Å². The maximum Gasteiger partial charge on any atom is 0.224 e. The van der Waals surface area contributed by atoms with Gasteiger partial charge in [-0.15, -0.1) is 0 Å². The van der Waals surface area contributed by atoms with Crippen LogP contribution in [0, 0.1) is 11.3 Å². The van der Waals surface area contributed by atoms with Crippen LogP contribution in [-0.4, -0.2) is 11.9 Å². The highest BCUT2D eigenvalue weighted by Gasteiger charge is 2.36. The van der Waals surface area contributed by atoms with E-state index in [2.05, 4.69) is 31.4 Å². The molecule has 0 heterocycles. The lowest BCUT2D eigenvalue weighted by molar-refractivity contribution is -0.115. The summed E-state index contributed by atoms with van der Waals surface area (Å²) in [5, 5.41) is 7.13. The van der Waals surface area contributed by atoms with E-state index >= 15 is 0 Å². The van der Waals surface area contributed by atoms with Gasteiger partial charge in [0.05, 0.1) is 10.7 Å². The first-order valence-electron chi connectivity index (χ1n) is 7.66. The van der Waals surface area contributed by atoms with Crippen molar-refractivity contribution in [3.05, 3.63) is 23.2 Å². The fourth-order valence-corrected chi connectivity index (χ4v) is 3.42. The Morgan fingerprint density at radius 3 is 2.67 bits per heavy atom. The third kappa shape index (κ3) is 4.13. The third-order valence-electron chi connectivity index (χ3n) is 4.25. The molecule has 1 aromatic rings. The summed E-state index contributed by atoms with van der Waals surface area (Å²) in [6.45, 7) is 8.74. The van der Waals surface area contributed by atoms with Crippen LogP contribution in [-0.2, 0) is 4.79 Å². The van der Waals surface area contributed by atoms with Gasteiger partial charge >= 0.3 is 0 Å². The van der Waals surface area contributed by atoms with Crippen molar-refractivity contribution in [3.63, 3.8) is 0 Å². The number of anilines is 2. The molecule has 2 unspecified atom stereocenters. The first-order valence-corrected chi connectivity index (χ1v) is 8.04. The second-order valence-corrected chi connectivity index (χ2v) is 7.30. The van der Waals surface area contributed by atoms with Crippen molar-refractivity contribution in [2.24, 2.45) is 11.3 Å². The minimum absolute atomic E-state index is 0.0126. The van der Waals surface area contributed by atoms with Crippen molar-refractivity contribution in [2.45, 2.75) is 53.0 Å². The molecular formula is C17H25ClN2O. The van der Waals surface area contributed by atoms with Crippen LogP contribution in [0.4, 0.5) is 11.4 Å². The molecular weight excluding hydrogens is 284 g/mol. The van der Waals surface area contributed by atoms with Crippen molar-refractivity contribution in [3.8, 4) is 0 Å². The molecule has 116 valence electrons. The fraction of sp³-hybridized carbons (Fsp3) is 0.588. The van der Waals surface area contributed by atoms with Gasteiger partial charge in [0.25, 0.3) is 0 Å². The second kappa shape index (κ2) is 6.27. The molecule has 2 N–H and O–H groups in total. The zero-order valence-electron chi connectivity index (χ0n) is 13.3. The molecule has 0 radical (unpaired) electrons. The van der Waals surface area contributed by atoms with Crippen LogP contribution in [0.5, 0.6) is 0 Å². The summed E-state index contributed by atoms with van der Waals surface area (Å²) in [5.41, 5.74) is 2.07. The molecule has 0 aromatic heterocycles. The molecule has 3 nitrogen and oxygen atoms in total. The van der Waals surface area contributed by atoms with Crippen LogP contribution in [0.3, 0.4) is 0 Å². The van der Waals surface area contributed by atoms with Crippen LogP contribution in [0.2, 0.25) is 5.02 Å². The van der Waals surface area contributed by atoms with Gasteiger partial charge in [0.15, 0.2) is 0 Å². The summed E-state index contributed by atoms with van der Waals surface area (Å²) in [6.07, 6.45) is 2.82. The molecule has 0 saturated heterocycles. The highest BCUT2D eigenvalue weighted by Crippen LogP contribution is 2.42. The van der Waals surface area contributed by atoms with E-state index in [1.165, 1.54) is 6.42 Å². The Labute approximate surface area is 132 Å². The number of carbonyl (C=O) groups excluding carboxylic acids is 1. The van der Waals surface area contributed by atoms with Gasteiger partial charge in [-0.3, -0.25) is 4.79 Å². The quantitative estimate of drug-likeness (QED) is 0.828. The average molecular weight is 309 g/mol. The van der Waals surface area contributed by atoms with Crippen LogP contribution >= 0.6 is 11.6 Å². The summed E-state index contributed by atoms with van der Waals surface area (Å²) in [5.74, 6) is 0.628. The highest BCUT2D eigenvalue weighted by atomic mass is 35.5. The van der Waals surface area contributed by atoms with Gasteiger partial charge in [-0.2, -0.15) is 0 Å². The van der Waals surface area contributed by atoms with Crippen LogP contribution in [0.15, 0.2) is 18.2 Å². The Hall–Kier alpha value is -1.22. The zero-order valence-corrected chi connectivity index (χ0v) is 14.1. The molecule has 21 heavy (non-hydrogen) atoms.